The van der Waals surface area contributed by atoms with Gasteiger partial charge in [-0.3, -0.25) is 14.5 Å². The Kier molecular flexibility index (Phi) is 4.29. The topological polar surface area (TPSA) is 68.7 Å². The maximum absolute atomic E-state index is 11.6. The molecule has 1 fully saturated rings. The van der Waals surface area contributed by atoms with E-state index in [0.717, 1.165) is 0 Å². The van der Waals surface area contributed by atoms with Gasteiger partial charge < -0.3 is 9.31 Å². The van der Waals surface area contributed by atoms with Crippen LogP contribution in [0.5, 0.6) is 0 Å². The lowest BCUT2D eigenvalue weighted by Crippen LogP contribution is -2.48. The van der Waals surface area contributed by atoms with Crippen LogP contribution in [0.25, 0.3) is 0 Å². The Morgan fingerprint density at radius 2 is 1.84 bits per heavy atom. The minimum absolute atomic E-state index is 0.0119. The van der Waals surface area contributed by atoms with Crippen molar-refractivity contribution < 1.29 is 18.9 Å². The first-order valence-electron chi connectivity index (χ1n) is 5.35. The van der Waals surface area contributed by atoms with E-state index in [9.17, 15) is 9.59 Å². The van der Waals surface area contributed by atoms with Gasteiger partial charge in [-0.2, -0.15) is 0 Å². The Morgan fingerprint density at radius 3 is 2.42 bits per heavy atom. The predicted octanol–water partition coefficient (Wildman–Crippen LogP) is 0.115. The number of nitrogens with zero attached hydrogens (tertiary/aromatic N) is 2. The van der Waals surface area contributed by atoms with Crippen LogP contribution < -0.4 is 5.46 Å². The SMILES string of the molecule is CN1CC(=O)OB(c2ccnc(Cl)c2Cl)OC(=O)C1. The normalized spacial score (nSPS) is 17.5. The largest absolute Gasteiger partial charge is 0.638 e. The van der Waals surface area contributed by atoms with Crippen molar-refractivity contribution in [1.29, 1.82) is 0 Å². The molecule has 9 heteroatoms. The fourth-order valence-corrected chi connectivity index (χ4v) is 1.94. The standard InChI is InChI=1S/C10H9BCl2N2O4/c1-15-4-7(16)18-11(19-8(17)5-15)6-2-3-14-10(13)9(6)12/h2-3H,4-5H2,1H3. The number of aromatic nitrogens is 1. The van der Waals surface area contributed by atoms with Crippen LogP contribution in [-0.2, 0) is 18.9 Å². The first-order valence-corrected chi connectivity index (χ1v) is 6.10. The van der Waals surface area contributed by atoms with Crippen LogP contribution in [-0.4, -0.2) is 49.1 Å². The number of hydrogen-bond acceptors (Lipinski definition) is 6. The quantitative estimate of drug-likeness (QED) is 0.542. The summed E-state index contributed by atoms with van der Waals surface area (Å²) in [4.78, 5) is 28.4. The van der Waals surface area contributed by atoms with Gasteiger partial charge >= 0.3 is 19.1 Å². The Hall–Kier alpha value is -1.31. The number of likely N-dealkylation sites (N-methyl/N-ethyl adjacent to an activating group) is 1. The number of carbonyl (C=O) groups is 2. The van der Waals surface area contributed by atoms with E-state index in [4.69, 9.17) is 32.5 Å². The smallest absolute Gasteiger partial charge is 0.494 e. The molecule has 0 aromatic carbocycles. The summed E-state index contributed by atoms with van der Waals surface area (Å²) in [5.41, 5.74) is 0.285. The van der Waals surface area contributed by atoms with Crippen LogP contribution in [0.4, 0.5) is 0 Å². The highest BCUT2D eigenvalue weighted by molar-refractivity contribution is 6.68. The molecule has 1 aromatic heterocycles. The second-order valence-electron chi connectivity index (χ2n) is 3.99. The zero-order chi connectivity index (χ0) is 14.0. The molecule has 6 nitrogen and oxygen atoms in total. The van der Waals surface area contributed by atoms with Crippen LogP contribution >= 0.6 is 23.2 Å². The summed E-state index contributed by atoms with van der Waals surface area (Å²) in [5, 5.41) is 0.133. The van der Waals surface area contributed by atoms with Gasteiger partial charge in [0.05, 0.1) is 18.1 Å². The molecule has 0 bridgehead atoms. The van der Waals surface area contributed by atoms with Crippen molar-refractivity contribution in [2.75, 3.05) is 20.1 Å². The molecular formula is C10H9BCl2N2O4. The molecule has 0 N–H and O–H groups in total. The average molecular weight is 303 g/mol. The van der Waals surface area contributed by atoms with Crippen LogP contribution in [0.15, 0.2) is 12.3 Å². The number of rotatable bonds is 1. The van der Waals surface area contributed by atoms with Crippen molar-refractivity contribution in [2.24, 2.45) is 0 Å². The maximum Gasteiger partial charge on any atom is 0.638 e. The number of pyridine rings is 1. The molecule has 100 valence electrons. The molecule has 0 spiro atoms. The summed E-state index contributed by atoms with van der Waals surface area (Å²) in [6, 6.07) is 1.48. The van der Waals surface area contributed by atoms with E-state index >= 15 is 0 Å². The zero-order valence-corrected chi connectivity index (χ0v) is 11.4. The van der Waals surface area contributed by atoms with Crippen molar-refractivity contribution in [3.05, 3.63) is 22.4 Å². The van der Waals surface area contributed by atoms with E-state index in [2.05, 4.69) is 4.98 Å². The Bertz CT molecular complexity index is 508. The molecule has 1 saturated heterocycles. The second-order valence-corrected chi connectivity index (χ2v) is 4.72. The first-order chi connectivity index (χ1) is 8.97. The Balaban J connectivity index is 2.29. The maximum atomic E-state index is 11.6. The lowest BCUT2D eigenvalue weighted by atomic mass is 9.79. The summed E-state index contributed by atoms with van der Waals surface area (Å²) in [6.07, 6.45) is 1.39. The van der Waals surface area contributed by atoms with E-state index < -0.39 is 19.1 Å². The molecule has 0 atom stereocenters. The fraction of sp³-hybridized carbons (Fsp3) is 0.300. The number of halogens is 2. The van der Waals surface area contributed by atoms with E-state index in [1.54, 1.807) is 7.05 Å². The highest BCUT2D eigenvalue weighted by Crippen LogP contribution is 2.17. The minimum Gasteiger partial charge on any atom is -0.494 e. The van der Waals surface area contributed by atoms with Crippen LogP contribution in [0.1, 0.15) is 0 Å². The molecular weight excluding hydrogens is 294 g/mol. The van der Waals surface area contributed by atoms with Gasteiger partial charge in [0.25, 0.3) is 0 Å². The van der Waals surface area contributed by atoms with Gasteiger partial charge in [0.1, 0.15) is 5.15 Å². The first kappa shape index (κ1) is 14.1. The van der Waals surface area contributed by atoms with E-state index in [1.165, 1.54) is 17.2 Å². The third kappa shape index (κ3) is 3.37. The van der Waals surface area contributed by atoms with Crippen molar-refractivity contribution in [1.82, 2.24) is 9.88 Å². The number of carbonyl (C=O) groups excluding carboxylic acids is 2. The van der Waals surface area contributed by atoms with Crippen molar-refractivity contribution in [3.8, 4) is 0 Å². The average Bonchev–Trinajstić information content (AvgIpc) is 2.29. The van der Waals surface area contributed by atoms with Gasteiger partial charge in [-0.1, -0.05) is 23.2 Å². The van der Waals surface area contributed by atoms with Crippen molar-refractivity contribution in [2.45, 2.75) is 0 Å². The molecule has 2 heterocycles. The molecule has 1 aliphatic rings. The third-order valence-corrected chi connectivity index (χ3v) is 3.19. The Morgan fingerprint density at radius 1 is 1.26 bits per heavy atom. The van der Waals surface area contributed by atoms with Crippen LogP contribution in [0, 0.1) is 0 Å². The number of hydrogen-bond donors (Lipinski definition) is 0. The lowest BCUT2D eigenvalue weighted by Gasteiger charge is -2.22. The lowest BCUT2D eigenvalue weighted by molar-refractivity contribution is -0.145. The van der Waals surface area contributed by atoms with Gasteiger partial charge in [0.15, 0.2) is 0 Å². The molecule has 0 aliphatic carbocycles. The molecule has 2 rings (SSSR count). The summed E-state index contributed by atoms with van der Waals surface area (Å²) < 4.78 is 10.1. The van der Waals surface area contributed by atoms with E-state index in [-0.39, 0.29) is 28.7 Å². The van der Waals surface area contributed by atoms with Gasteiger partial charge in [-0.25, -0.2) is 4.98 Å². The fourth-order valence-electron chi connectivity index (χ4n) is 1.57. The molecule has 1 aromatic rings. The monoisotopic (exact) mass is 302 g/mol. The van der Waals surface area contributed by atoms with Crippen molar-refractivity contribution >= 4 is 47.7 Å². The van der Waals surface area contributed by atoms with Gasteiger partial charge in [-0.05, 0) is 13.1 Å². The van der Waals surface area contributed by atoms with Crippen molar-refractivity contribution in [3.63, 3.8) is 0 Å². The molecule has 19 heavy (non-hydrogen) atoms. The minimum atomic E-state index is -1.21. The third-order valence-electron chi connectivity index (χ3n) is 2.41. The predicted molar refractivity (Wildman–Crippen MR) is 69.3 cm³/mol. The molecule has 1 aliphatic heterocycles. The zero-order valence-electron chi connectivity index (χ0n) is 9.93. The van der Waals surface area contributed by atoms with Gasteiger partial charge in [0, 0.05) is 11.7 Å². The van der Waals surface area contributed by atoms with Crippen LogP contribution in [0.2, 0.25) is 10.2 Å². The molecule has 0 amide bonds. The highest BCUT2D eigenvalue weighted by atomic mass is 35.5. The molecule has 0 unspecified atom stereocenters. The van der Waals surface area contributed by atoms with E-state index in [0.29, 0.717) is 0 Å². The van der Waals surface area contributed by atoms with Crippen LogP contribution in [0.3, 0.4) is 0 Å². The van der Waals surface area contributed by atoms with Gasteiger partial charge in [0.2, 0.25) is 0 Å². The molecule has 0 saturated carbocycles. The van der Waals surface area contributed by atoms with Gasteiger partial charge in [-0.15, -0.1) is 0 Å². The summed E-state index contributed by atoms with van der Waals surface area (Å²) in [6.45, 7) is -0.0237. The van der Waals surface area contributed by atoms with E-state index in [1.807, 2.05) is 0 Å². The summed E-state index contributed by atoms with van der Waals surface area (Å²) in [7, 11) is 0.403. The summed E-state index contributed by atoms with van der Waals surface area (Å²) >= 11 is 11.7. The summed E-state index contributed by atoms with van der Waals surface area (Å²) in [5.74, 6) is -1.05. The second kappa shape index (κ2) is 5.77. The Labute approximate surface area is 119 Å². The highest BCUT2D eigenvalue weighted by Gasteiger charge is 2.36. The molecule has 0 radical (unpaired) electrons.